The Morgan fingerprint density at radius 2 is 1.27 bits per heavy atom. The fraction of sp³-hybridized carbons (Fsp3) is 0.182. The zero-order valence-electron chi connectivity index (χ0n) is 16.5. The highest BCUT2D eigenvalue weighted by Gasteiger charge is 2.30. The van der Waals surface area contributed by atoms with Crippen molar-refractivity contribution in [2.24, 2.45) is 0 Å². The Bertz CT molecular complexity index is 1090. The molecular formula is C22H21F2NO4S. The van der Waals surface area contributed by atoms with E-state index in [1.165, 1.54) is 14.2 Å². The Kier molecular flexibility index (Phi) is 6.69. The van der Waals surface area contributed by atoms with Crippen molar-refractivity contribution in [2.75, 3.05) is 14.2 Å². The predicted octanol–water partition coefficient (Wildman–Crippen LogP) is 4.37. The topological polar surface area (TPSA) is 55.8 Å². The number of methoxy groups -OCH3 is 2. The maximum Gasteiger partial charge on any atom is 0.246 e. The second kappa shape index (κ2) is 9.23. The van der Waals surface area contributed by atoms with E-state index in [9.17, 15) is 17.2 Å². The molecule has 0 atom stereocenters. The fourth-order valence-electron chi connectivity index (χ4n) is 3.10. The minimum absolute atomic E-state index is 0.111. The van der Waals surface area contributed by atoms with E-state index in [4.69, 9.17) is 9.47 Å². The van der Waals surface area contributed by atoms with Gasteiger partial charge in [0.15, 0.2) is 11.6 Å². The Morgan fingerprint density at radius 3 is 1.77 bits per heavy atom. The highest BCUT2D eigenvalue weighted by atomic mass is 32.2. The van der Waals surface area contributed by atoms with Gasteiger partial charge in [0.25, 0.3) is 0 Å². The molecule has 0 saturated carbocycles. The highest BCUT2D eigenvalue weighted by Crippen LogP contribution is 2.29. The molecule has 0 N–H and O–H groups in total. The van der Waals surface area contributed by atoms with E-state index in [1.54, 1.807) is 48.5 Å². The van der Waals surface area contributed by atoms with Gasteiger partial charge in [0.05, 0.1) is 14.2 Å². The van der Waals surface area contributed by atoms with Crippen LogP contribution in [0.3, 0.4) is 0 Å². The van der Waals surface area contributed by atoms with Crippen molar-refractivity contribution >= 4 is 10.0 Å². The zero-order valence-corrected chi connectivity index (χ0v) is 17.3. The van der Waals surface area contributed by atoms with E-state index in [0.29, 0.717) is 22.6 Å². The van der Waals surface area contributed by atoms with Gasteiger partial charge in [0.2, 0.25) is 10.0 Å². The maximum absolute atomic E-state index is 14.4. The molecule has 8 heteroatoms. The van der Waals surface area contributed by atoms with E-state index >= 15 is 0 Å². The summed E-state index contributed by atoms with van der Waals surface area (Å²) in [5.74, 6) is -1.68. The van der Waals surface area contributed by atoms with Crippen molar-refractivity contribution in [2.45, 2.75) is 18.0 Å². The van der Waals surface area contributed by atoms with Crippen molar-refractivity contribution < 1.29 is 26.7 Å². The van der Waals surface area contributed by atoms with Crippen LogP contribution in [0.15, 0.2) is 71.6 Å². The summed E-state index contributed by atoms with van der Waals surface area (Å²) in [6, 6.07) is 16.9. The number of hydrogen-bond acceptors (Lipinski definition) is 4. The molecule has 0 bridgehead atoms. The third kappa shape index (κ3) is 4.44. The number of halogens is 2. The van der Waals surface area contributed by atoms with Gasteiger partial charge in [-0.25, -0.2) is 17.2 Å². The Hall–Kier alpha value is -2.97. The first-order valence-electron chi connectivity index (χ1n) is 9.06. The van der Waals surface area contributed by atoms with E-state index in [0.717, 1.165) is 22.5 Å². The molecule has 0 unspecified atom stereocenters. The van der Waals surface area contributed by atoms with Crippen molar-refractivity contribution in [1.82, 2.24) is 4.31 Å². The number of benzene rings is 3. The van der Waals surface area contributed by atoms with Gasteiger partial charge in [-0.2, -0.15) is 4.31 Å². The first-order valence-corrected chi connectivity index (χ1v) is 10.5. The molecule has 0 aliphatic heterocycles. The van der Waals surface area contributed by atoms with Crippen LogP contribution in [0.2, 0.25) is 0 Å². The molecule has 3 aromatic carbocycles. The third-order valence-electron chi connectivity index (χ3n) is 4.61. The standard InChI is InChI=1S/C22H21F2NO4S/c1-28-19-11-5-3-8-16(19)14-25(15-17-9-4-6-12-20(17)29-2)30(26,27)21-13-7-10-18(23)22(21)24/h3-13H,14-15H2,1-2H3. The van der Waals surface area contributed by atoms with Gasteiger partial charge in [-0.15, -0.1) is 0 Å². The summed E-state index contributed by atoms with van der Waals surface area (Å²) in [4.78, 5) is -0.729. The SMILES string of the molecule is COc1ccccc1CN(Cc1ccccc1OC)S(=O)(=O)c1cccc(F)c1F. The minimum Gasteiger partial charge on any atom is -0.496 e. The Labute approximate surface area is 174 Å². The smallest absolute Gasteiger partial charge is 0.246 e. The lowest BCUT2D eigenvalue weighted by Gasteiger charge is -2.24. The van der Waals surface area contributed by atoms with E-state index in [2.05, 4.69) is 0 Å². The summed E-state index contributed by atoms with van der Waals surface area (Å²) in [5, 5.41) is 0. The summed E-state index contributed by atoms with van der Waals surface area (Å²) in [5.41, 5.74) is 1.16. The molecule has 158 valence electrons. The van der Waals surface area contributed by atoms with Gasteiger partial charge >= 0.3 is 0 Å². The first kappa shape index (κ1) is 21.7. The van der Waals surface area contributed by atoms with Gasteiger partial charge in [0, 0.05) is 24.2 Å². The summed E-state index contributed by atoms with van der Waals surface area (Å²) in [6.45, 7) is -0.222. The summed E-state index contributed by atoms with van der Waals surface area (Å²) in [7, 11) is -1.44. The number of sulfonamides is 1. The second-order valence-corrected chi connectivity index (χ2v) is 8.36. The fourth-order valence-corrected chi connectivity index (χ4v) is 4.57. The van der Waals surface area contributed by atoms with E-state index < -0.39 is 26.6 Å². The summed E-state index contributed by atoms with van der Waals surface area (Å²) >= 11 is 0. The molecule has 0 heterocycles. The quantitative estimate of drug-likeness (QED) is 0.529. The lowest BCUT2D eigenvalue weighted by atomic mass is 10.1. The van der Waals surface area contributed by atoms with Crippen LogP contribution in [0.1, 0.15) is 11.1 Å². The van der Waals surface area contributed by atoms with Crippen LogP contribution in [0.25, 0.3) is 0 Å². The van der Waals surface area contributed by atoms with Crippen molar-refractivity contribution in [3.05, 3.63) is 89.5 Å². The summed E-state index contributed by atoms with van der Waals surface area (Å²) in [6.07, 6.45) is 0. The normalized spacial score (nSPS) is 11.5. The van der Waals surface area contributed by atoms with Crippen LogP contribution < -0.4 is 9.47 Å². The number of ether oxygens (including phenoxy) is 2. The van der Waals surface area contributed by atoms with Gasteiger partial charge in [-0.1, -0.05) is 42.5 Å². The number of nitrogens with zero attached hydrogens (tertiary/aromatic N) is 1. The molecule has 5 nitrogen and oxygen atoms in total. The number of para-hydroxylation sites is 2. The average molecular weight is 433 g/mol. The van der Waals surface area contributed by atoms with Crippen molar-refractivity contribution in [3.8, 4) is 11.5 Å². The van der Waals surface area contributed by atoms with E-state index in [-0.39, 0.29) is 13.1 Å². The van der Waals surface area contributed by atoms with Gasteiger partial charge in [-0.3, -0.25) is 0 Å². The summed E-state index contributed by atoms with van der Waals surface area (Å²) < 4.78 is 66.6. The van der Waals surface area contributed by atoms with Crippen LogP contribution in [0.5, 0.6) is 11.5 Å². The maximum atomic E-state index is 14.4. The zero-order chi connectivity index (χ0) is 21.7. The van der Waals surface area contributed by atoms with Crippen LogP contribution in [-0.4, -0.2) is 26.9 Å². The van der Waals surface area contributed by atoms with Crippen LogP contribution in [0, 0.1) is 11.6 Å². The molecule has 30 heavy (non-hydrogen) atoms. The molecule has 0 spiro atoms. The van der Waals surface area contributed by atoms with Crippen molar-refractivity contribution in [1.29, 1.82) is 0 Å². The predicted molar refractivity (Wildman–Crippen MR) is 109 cm³/mol. The molecule has 0 aliphatic rings. The average Bonchev–Trinajstić information content (AvgIpc) is 2.75. The molecule has 0 aromatic heterocycles. The molecule has 0 radical (unpaired) electrons. The monoisotopic (exact) mass is 433 g/mol. The van der Waals surface area contributed by atoms with Gasteiger partial charge in [-0.05, 0) is 24.3 Å². The largest absolute Gasteiger partial charge is 0.496 e. The molecule has 0 fully saturated rings. The van der Waals surface area contributed by atoms with Crippen LogP contribution in [0.4, 0.5) is 8.78 Å². The highest BCUT2D eigenvalue weighted by molar-refractivity contribution is 7.89. The molecular weight excluding hydrogens is 412 g/mol. The number of rotatable bonds is 8. The molecule has 0 amide bonds. The van der Waals surface area contributed by atoms with E-state index in [1.807, 2.05) is 0 Å². The minimum atomic E-state index is -4.39. The molecule has 0 saturated heterocycles. The lowest BCUT2D eigenvalue weighted by Crippen LogP contribution is -2.31. The number of hydrogen-bond donors (Lipinski definition) is 0. The first-order chi connectivity index (χ1) is 14.4. The van der Waals surface area contributed by atoms with Crippen LogP contribution >= 0.6 is 0 Å². The van der Waals surface area contributed by atoms with Crippen molar-refractivity contribution in [3.63, 3.8) is 0 Å². The Morgan fingerprint density at radius 1 is 0.767 bits per heavy atom. The third-order valence-corrected chi connectivity index (χ3v) is 6.42. The van der Waals surface area contributed by atoms with Crippen LogP contribution in [-0.2, 0) is 23.1 Å². The second-order valence-electron chi connectivity index (χ2n) is 6.45. The van der Waals surface area contributed by atoms with Gasteiger partial charge in [0.1, 0.15) is 16.4 Å². The Balaban J connectivity index is 2.10. The molecule has 3 rings (SSSR count). The lowest BCUT2D eigenvalue weighted by molar-refractivity contribution is 0.361. The molecule has 0 aliphatic carbocycles. The van der Waals surface area contributed by atoms with Gasteiger partial charge < -0.3 is 9.47 Å². The molecule has 3 aromatic rings.